The van der Waals surface area contributed by atoms with Crippen LogP contribution in [0.3, 0.4) is 0 Å². The summed E-state index contributed by atoms with van der Waals surface area (Å²) < 4.78 is 4.94. The molecule has 1 aromatic heterocycles. The predicted molar refractivity (Wildman–Crippen MR) is 74.2 cm³/mol. The van der Waals surface area contributed by atoms with Crippen LogP contribution in [0, 0.1) is 6.92 Å². The number of nitrogens with zero attached hydrogens (tertiary/aromatic N) is 2. The average molecular weight is 271 g/mol. The second kappa shape index (κ2) is 5.45. The third-order valence-electron chi connectivity index (χ3n) is 3.62. The van der Waals surface area contributed by atoms with E-state index in [1.165, 1.54) is 12.8 Å². The Morgan fingerprint density at radius 2 is 1.95 bits per heavy atom. The van der Waals surface area contributed by atoms with Crippen molar-refractivity contribution in [1.82, 2.24) is 15.5 Å². The zero-order chi connectivity index (χ0) is 13.9. The van der Waals surface area contributed by atoms with Gasteiger partial charge in [0.15, 0.2) is 0 Å². The highest BCUT2D eigenvalue weighted by molar-refractivity contribution is 5.94. The molecule has 0 radical (unpaired) electrons. The van der Waals surface area contributed by atoms with Crippen LogP contribution in [-0.4, -0.2) is 22.1 Å². The van der Waals surface area contributed by atoms with Crippen molar-refractivity contribution in [1.29, 1.82) is 0 Å². The van der Waals surface area contributed by atoms with Gasteiger partial charge < -0.3 is 9.84 Å². The van der Waals surface area contributed by atoms with Crippen LogP contribution in [0.5, 0.6) is 0 Å². The van der Waals surface area contributed by atoms with Crippen LogP contribution in [0.4, 0.5) is 0 Å². The SMILES string of the molecule is Cc1nc(-c2ccc(C(=O)NC3CCCC3)cc2)no1. The molecule has 0 bridgehead atoms. The highest BCUT2D eigenvalue weighted by atomic mass is 16.5. The molecule has 1 fully saturated rings. The Kier molecular flexibility index (Phi) is 3.50. The van der Waals surface area contributed by atoms with Crippen LogP contribution in [0.15, 0.2) is 28.8 Å². The number of aromatic nitrogens is 2. The Morgan fingerprint density at radius 1 is 1.25 bits per heavy atom. The third kappa shape index (κ3) is 2.71. The first-order valence-corrected chi connectivity index (χ1v) is 6.94. The van der Waals surface area contributed by atoms with Gasteiger partial charge in [-0.25, -0.2) is 0 Å². The number of rotatable bonds is 3. The van der Waals surface area contributed by atoms with Crippen molar-refractivity contribution in [2.45, 2.75) is 38.6 Å². The maximum Gasteiger partial charge on any atom is 0.251 e. The molecule has 0 atom stereocenters. The molecule has 0 saturated heterocycles. The van der Waals surface area contributed by atoms with Crippen molar-refractivity contribution in [2.75, 3.05) is 0 Å². The summed E-state index contributed by atoms with van der Waals surface area (Å²) in [5, 5.41) is 6.93. The molecule has 1 aromatic carbocycles. The van der Waals surface area contributed by atoms with Crippen molar-refractivity contribution < 1.29 is 9.32 Å². The fourth-order valence-corrected chi connectivity index (χ4v) is 2.53. The lowest BCUT2D eigenvalue weighted by Gasteiger charge is -2.11. The summed E-state index contributed by atoms with van der Waals surface area (Å²) >= 11 is 0. The highest BCUT2D eigenvalue weighted by Gasteiger charge is 2.18. The van der Waals surface area contributed by atoms with E-state index >= 15 is 0 Å². The lowest BCUT2D eigenvalue weighted by molar-refractivity contribution is 0.0938. The van der Waals surface area contributed by atoms with Crippen LogP contribution in [0.25, 0.3) is 11.4 Å². The number of hydrogen-bond acceptors (Lipinski definition) is 4. The molecule has 0 unspecified atom stereocenters. The van der Waals surface area contributed by atoms with Gasteiger partial charge in [-0.3, -0.25) is 4.79 Å². The summed E-state index contributed by atoms with van der Waals surface area (Å²) in [7, 11) is 0. The molecule has 1 heterocycles. The van der Waals surface area contributed by atoms with Crippen molar-refractivity contribution in [3.05, 3.63) is 35.7 Å². The zero-order valence-electron chi connectivity index (χ0n) is 11.4. The van der Waals surface area contributed by atoms with E-state index in [-0.39, 0.29) is 5.91 Å². The Balaban J connectivity index is 1.70. The minimum Gasteiger partial charge on any atom is -0.349 e. The second-order valence-electron chi connectivity index (χ2n) is 5.17. The maximum atomic E-state index is 12.1. The molecule has 1 saturated carbocycles. The normalized spacial score (nSPS) is 15.4. The van der Waals surface area contributed by atoms with E-state index < -0.39 is 0 Å². The van der Waals surface area contributed by atoms with E-state index in [9.17, 15) is 4.79 Å². The largest absolute Gasteiger partial charge is 0.349 e. The minimum absolute atomic E-state index is 0.00672. The van der Waals surface area contributed by atoms with Gasteiger partial charge in [-0.15, -0.1) is 0 Å². The molecule has 3 rings (SSSR count). The lowest BCUT2D eigenvalue weighted by atomic mass is 10.1. The maximum absolute atomic E-state index is 12.1. The van der Waals surface area contributed by atoms with Gasteiger partial charge in [0.2, 0.25) is 11.7 Å². The Bertz CT molecular complexity index is 598. The Morgan fingerprint density at radius 3 is 2.55 bits per heavy atom. The van der Waals surface area contributed by atoms with Crippen molar-refractivity contribution >= 4 is 5.91 Å². The molecular formula is C15H17N3O2. The number of hydrogen-bond donors (Lipinski definition) is 1. The molecule has 1 aliphatic carbocycles. The predicted octanol–water partition coefficient (Wildman–Crippen LogP) is 2.72. The molecule has 1 aliphatic rings. The van der Waals surface area contributed by atoms with Crippen LogP contribution >= 0.6 is 0 Å². The van der Waals surface area contributed by atoms with E-state index in [0.29, 0.717) is 23.3 Å². The van der Waals surface area contributed by atoms with E-state index in [0.717, 1.165) is 18.4 Å². The van der Waals surface area contributed by atoms with Crippen LogP contribution in [0.2, 0.25) is 0 Å². The molecule has 5 nitrogen and oxygen atoms in total. The number of nitrogens with one attached hydrogen (secondary N) is 1. The van der Waals surface area contributed by atoms with Gasteiger partial charge in [0.25, 0.3) is 5.91 Å². The monoisotopic (exact) mass is 271 g/mol. The summed E-state index contributed by atoms with van der Waals surface area (Å²) in [5.41, 5.74) is 1.51. The Hall–Kier alpha value is -2.17. The molecule has 5 heteroatoms. The molecule has 1 amide bonds. The quantitative estimate of drug-likeness (QED) is 0.932. The lowest BCUT2D eigenvalue weighted by Crippen LogP contribution is -2.32. The van der Waals surface area contributed by atoms with Crippen molar-refractivity contribution in [3.8, 4) is 11.4 Å². The van der Waals surface area contributed by atoms with Gasteiger partial charge in [-0.1, -0.05) is 30.1 Å². The van der Waals surface area contributed by atoms with Gasteiger partial charge >= 0.3 is 0 Å². The first-order valence-electron chi connectivity index (χ1n) is 6.94. The number of carbonyl (C=O) groups excluding carboxylic acids is 1. The summed E-state index contributed by atoms with van der Waals surface area (Å²) in [4.78, 5) is 16.3. The number of carbonyl (C=O) groups is 1. The Labute approximate surface area is 117 Å². The van der Waals surface area contributed by atoms with E-state index in [1.807, 2.05) is 12.1 Å². The van der Waals surface area contributed by atoms with Crippen LogP contribution < -0.4 is 5.32 Å². The van der Waals surface area contributed by atoms with E-state index in [4.69, 9.17) is 4.52 Å². The topological polar surface area (TPSA) is 68.0 Å². The molecule has 2 aromatic rings. The third-order valence-corrected chi connectivity index (χ3v) is 3.62. The highest BCUT2D eigenvalue weighted by Crippen LogP contribution is 2.19. The van der Waals surface area contributed by atoms with Gasteiger partial charge in [0.1, 0.15) is 0 Å². The summed E-state index contributed by atoms with van der Waals surface area (Å²) in [6, 6.07) is 7.61. The minimum atomic E-state index is -0.00672. The van der Waals surface area contributed by atoms with Gasteiger partial charge in [-0.2, -0.15) is 4.98 Å². The summed E-state index contributed by atoms with van der Waals surface area (Å²) in [6.07, 6.45) is 4.60. The second-order valence-corrected chi connectivity index (χ2v) is 5.17. The first-order chi connectivity index (χ1) is 9.72. The summed E-state index contributed by atoms with van der Waals surface area (Å²) in [5.74, 6) is 1.07. The molecule has 0 aliphatic heterocycles. The number of aryl methyl sites for hydroxylation is 1. The van der Waals surface area contributed by atoms with E-state index in [1.54, 1.807) is 19.1 Å². The van der Waals surface area contributed by atoms with Crippen molar-refractivity contribution in [3.63, 3.8) is 0 Å². The van der Waals surface area contributed by atoms with Gasteiger partial charge in [0.05, 0.1) is 0 Å². The van der Waals surface area contributed by atoms with Gasteiger partial charge in [-0.05, 0) is 25.0 Å². The summed E-state index contributed by atoms with van der Waals surface area (Å²) in [6.45, 7) is 1.75. The first kappa shape index (κ1) is 12.8. The standard InChI is InChI=1S/C15H17N3O2/c1-10-16-14(18-20-10)11-6-8-12(9-7-11)15(19)17-13-4-2-3-5-13/h6-9,13H,2-5H2,1H3,(H,17,19). The molecule has 104 valence electrons. The average Bonchev–Trinajstić information content (AvgIpc) is 3.10. The molecule has 0 spiro atoms. The fourth-order valence-electron chi connectivity index (χ4n) is 2.53. The molecular weight excluding hydrogens is 254 g/mol. The molecule has 20 heavy (non-hydrogen) atoms. The molecule has 1 N–H and O–H groups in total. The number of benzene rings is 1. The fraction of sp³-hybridized carbons (Fsp3) is 0.400. The smallest absolute Gasteiger partial charge is 0.251 e. The van der Waals surface area contributed by atoms with Crippen LogP contribution in [0.1, 0.15) is 41.9 Å². The van der Waals surface area contributed by atoms with Gasteiger partial charge in [0, 0.05) is 24.1 Å². The van der Waals surface area contributed by atoms with Crippen LogP contribution in [-0.2, 0) is 0 Å². The van der Waals surface area contributed by atoms with Crippen molar-refractivity contribution in [2.24, 2.45) is 0 Å². The number of amides is 1. The zero-order valence-corrected chi connectivity index (χ0v) is 11.4. The van der Waals surface area contributed by atoms with E-state index in [2.05, 4.69) is 15.5 Å².